The van der Waals surface area contributed by atoms with Gasteiger partial charge in [-0.05, 0) is 40.4 Å². The van der Waals surface area contributed by atoms with Crippen molar-refractivity contribution in [1.29, 1.82) is 0 Å². The number of rotatable bonds is 5. The Morgan fingerprint density at radius 1 is 1.40 bits per heavy atom. The number of thiophene rings is 1. The van der Waals surface area contributed by atoms with Crippen molar-refractivity contribution in [3.8, 4) is 10.6 Å². The molecular formula is C18H20BrN3O2S. The molecule has 0 fully saturated rings. The smallest absolute Gasteiger partial charge is 0.410 e. The van der Waals surface area contributed by atoms with E-state index in [0.29, 0.717) is 19.7 Å². The van der Waals surface area contributed by atoms with E-state index in [9.17, 15) is 4.79 Å². The highest BCUT2D eigenvalue weighted by molar-refractivity contribution is 9.10. The third-order valence-corrected chi connectivity index (χ3v) is 5.69. The van der Waals surface area contributed by atoms with E-state index >= 15 is 0 Å². The van der Waals surface area contributed by atoms with Crippen LogP contribution in [0.15, 0.2) is 34.4 Å². The zero-order valence-electron chi connectivity index (χ0n) is 14.1. The fraction of sp³-hybridized carbons (Fsp3) is 0.389. The largest absolute Gasteiger partial charge is 0.449 e. The van der Waals surface area contributed by atoms with Crippen molar-refractivity contribution in [2.45, 2.75) is 26.2 Å². The van der Waals surface area contributed by atoms with Crippen molar-refractivity contribution >= 4 is 38.9 Å². The summed E-state index contributed by atoms with van der Waals surface area (Å²) in [7, 11) is 0. The van der Waals surface area contributed by atoms with Gasteiger partial charge in [0.05, 0.1) is 35.3 Å². The summed E-state index contributed by atoms with van der Waals surface area (Å²) in [4.78, 5) is 23.9. The van der Waals surface area contributed by atoms with Gasteiger partial charge < -0.3 is 9.64 Å². The second-order valence-electron chi connectivity index (χ2n) is 5.81. The Morgan fingerprint density at radius 2 is 2.24 bits per heavy atom. The lowest BCUT2D eigenvalue weighted by molar-refractivity contribution is 0.105. The summed E-state index contributed by atoms with van der Waals surface area (Å²) in [5, 5.41) is 2.03. The minimum absolute atomic E-state index is 0.230. The van der Waals surface area contributed by atoms with Crippen molar-refractivity contribution in [3.05, 3.63) is 40.1 Å². The van der Waals surface area contributed by atoms with Gasteiger partial charge in [-0.15, -0.1) is 11.3 Å². The van der Waals surface area contributed by atoms with E-state index < -0.39 is 0 Å². The maximum Gasteiger partial charge on any atom is 0.410 e. The Bertz CT molecular complexity index is 775. The van der Waals surface area contributed by atoms with Crippen molar-refractivity contribution in [3.63, 3.8) is 0 Å². The van der Waals surface area contributed by atoms with E-state index in [1.54, 1.807) is 28.6 Å². The number of hydrogen-bond donors (Lipinski definition) is 0. The van der Waals surface area contributed by atoms with E-state index in [0.717, 1.165) is 45.6 Å². The number of carbonyl (C=O) groups is 1. The lowest BCUT2D eigenvalue weighted by Crippen LogP contribution is -2.35. The van der Waals surface area contributed by atoms with Crippen LogP contribution in [0.2, 0.25) is 0 Å². The molecule has 0 N–H and O–H groups in total. The zero-order chi connectivity index (χ0) is 17.6. The molecule has 0 aliphatic carbocycles. The topological polar surface area (TPSA) is 55.3 Å². The third kappa shape index (κ3) is 4.67. The van der Waals surface area contributed by atoms with Crippen molar-refractivity contribution < 1.29 is 9.53 Å². The number of hydrogen-bond acceptors (Lipinski definition) is 5. The molecular weight excluding hydrogens is 402 g/mol. The lowest BCUT2D eigenvalue weighted by atomic mass is 10.1. The van der Waals surface area contributed by atoms with Gasteiger partial charge in [-0.3, -0.25) is 4.98 Å². The molecule has 2 aromatic heterocycles. The third-order valence-electron chi connectivity index (χ3n) is 3.97. The van der Waals surface area contributed by atoms with Crippen LogP contribution >= 0.6 is 27.3 Å². The molecule has 0 radical (unpaired) electrons. The van der Waals surface area contributed by atoms with Crippen LogP contribution in [0.3, 0.4) is 0 Å². The Morgan fingerprint density at radius 3 is 2.92 bits per heavy atom. The highest BCUT2D eigenvalue weighted by Crippen LogP contribution is 2.29. The first-order valence-corrected chi connectivity index (χ1v) is 10.0. The molecule has 0 bridgehead atoms. The molecule has 1 aliphatic heterocycles. The molecule has 0 atom stereocenters. The maximum atomic E-state index is 12.0. The summed E-state index contributed by atoms with van der Waals surface area (Å²) in [5.41, 5.74) is 2.87. The normalized spacial score (nSPS) is 14.3. The molecule has 132 valence electrons. The summed E-state index contributed by atoms with van der Waals surface area (Å²) in [5.74, 6) is 0. The monoisotopic (exact) mass is 421 g/mol. The van der Waals surface area contributed by atoms with Crippen LogP contribution in [0.4, 0.5) is 4.79 Å². The number of ether oxygens (including phenoxy) is 1. The first-order chi connectivity index (χ1) is 12.2. The average molecular weight is 422 g/mol. The van der Waals surface area contributed by atoms with Gasteiger partial charge in [0.15, 0.2) is 0 Å². The Kier molecular flexibility index (Phi) is 6.20. The van der Waals surface area contributed by atoms with E-state index in [1.165, 1.54) is 0 Å². The van der Waals surface area contributed by atoms with Gasteiger partial charge >= 0.3 is 6.09 Å². The minimum atomic E-state index is -0.230. The summed E-state index contributed by atoms with van der Waals surface area (Å²) in [6.45, 7) is 3.77. The van der Waals surface area contributed by atoms with E-state index in [2.05, 4.69) is 27.8 Å². The quantitative estimate of drug-likeness (QED) is 0.637. The van der Waals surface area contributed by atoms with Crippen molar-refractivity contribution in [2.75, 3.05) is 19.7 Å². The van der Waals surface area contributed by atoms with Gasteiger partial charge in [-0.1, -0.05) is 19.4 Å². The Labute approximate surface area is 159 Å². The lowest BCUT2D eigenvalue weighted by Gasteiger charge is -2.25. The molecule has 0 saturated heterocycles. The average Bonchev–Trinajstić information content (AvgIpc) is 3.08. The minimum Gasteiger partial charge on any atom is -0.449 e. The van der Waals surface area contributed by atoms with Crippen molar-refractivity contribution in [2.24, 2.45) is 0 Å². The molecule has 3 heterocycles. The summed E-state index contributed by atoms with van der Waals surface area (Å²) < 4.78 is 6.32. The molecule has 25 heavy (non-hydrogen) atoms. The van der Waals surface area contributed by atoms with Gasteiger partial charge in [-0.25, -0.2) is 9.78 Å². The predicted octanol–water partition coefficient (Wildman–Crippen LogP) is 4.99. The van der Waals surface area contributed by atoms with Crippen LogP contribution < -0.4 is 0 Å². The van der Waals surface area contributed by atoms with E-state index in [1.807, 2.05) is 17.5 Å². The van der Waals surface area contributed by atoms with E-state index in [4.69, 9.17) is 9.72 Å². The number of carbonyl (C=O) groups excluding carboxylic acids is 1. The van der Waals surface area contributed by atoms with Gasteiger partial charge in [0.25, 0.3) is 0 Å². The van der Waals surface area contributed by atoms with Crippen molar-refractivity contribution in [1.82, 2.24) is 14.9 Å². The molecule has 2 aromatic rings. The number of halogens is 1. The zero-order valence-corrected chi connectivity index (χ0v) is 16.5. The fourth-order valence-corrected chi connectivity index (χ4v) is 3.93. The molecule has 0 saturated carbocycles. The highest BCUT2D eigenvalue weighted by Gasteiger charge is 2.20. The van der Waals surface area contributed by atoms with Crippen LogP contribution in [-0.4, -0.2) is 40.7 Å². The van der Waals surface area contributed by atoms with E-state index in [-0.39, 0.29) is 6.09 Å². The SMILES string of the molecule is CCCCOC(=O)N1CC=C(c2cncc(-c3cc(Br)cs3)n2)CC1. The Balaban J connectivity index is 1.66. The first-order valence-electron chi connectivity index (χ1n) is 8.35. The van der Waals surface area contributed by atoms with Crippen LogP contribution in [-0.2, 0) is 4.74 Å². The molecule has 0 aromatic carbocycles. The molecule has 7 heteroatoms. The summed E-state index contributed by atoms with van der Waals surface area (Å²) in [6.07, 6.45) is 8.06. The second kappa shape index (κ2) is 8.58. The second-order valence-corrected chi connectivity index (χ2v) is 7.64. The molecule has 1 amide bonds. The summed E-state index contributed by atoms with van der Waals surface area (Å²) in [6, 6.07) is 2.04. The van der Waals surface area contributed by atoms with Gasteiger partial charge in [0.1, 0.15) is 0 Å². The number of aromatic nitrogens is 2. The number of nitrogens with zero attached hydrogens (tertiary/aromatic N) is 3. The molecule has 3 rings (SSSR count). The number of unbranched alkanes of at least 4 members (excludes halogenated alkanes) is 1. The van der Waals surface area contributed by atoms with Gasteiger partial charge in [0.2, 0.25) is 0 Å². The van der Waals surface area contributed by atoms with Gasteiger partial charge in [0, 0.05) is 22.9 Å². The van der Waals surface area contributed by atoms with Crippen LogP contribution in [0.5, 0.6) is 0 Å². The fourth-order valence-electron chi connectivity index (χ4n) is 2.55. The molecule has 1 aliphatic rings. The highest BCUT2D eigenvalue weighted by atomic mass is 79.9. The molecule has 0 unspecified atom stereocenters. The first kappa shape index (κ1) is 18.1. The molecule has 5 nitrogen and oxygen atoms in total. The summed E-state index contributed by atoms with van der Waals surface area (Å²) >= 11 is 5.10. The van der Waals surface area contributed by atoms with Crippen LogP contribution in [0.1, 0.15) is 31.9 Å². The Hall–Kier alpha value is -1.73. The predicted molar refractivity (Wildman–Crippen MR) is 103 cm³/mol. The maximum absolute atomic E-state index is 12.0. The number of amides is 1. The molecule has 0 spiro atoms. The van der Waals surface area contributed by atoms with Crippen LogP contribution in [0, 0.1) is 0 Å². The standard InChI is InChI=1S/C18H20BrN3O2S/c1-2-3-8-24-18(23)22-6-4-13(5-7-22)15-10-20-11-16(21-15)17-9-14(19)12-25-17/h4,9-12H,2-3,5-8H2,1H3. The van der Waals surface area contributed by atoms with Gasteiger partial charge in [-0.2, -0.15) is 0 Å². The van der Waals surface area contributed by atoms with Crippen LogP contribution in [0.25, 0.3) is 16.1 Å².